The van der Waals surface area contributed by atoms with Crippen molar-refractivity contribution in [2.75, 3.05) is 0 Å². The molecule has 1 aromatic heterocycles. The quantitative estimate of drug-likeness (QED) is 0.702. The highest BCUT2D eigenvalue weighted by Gasteiger charge is 2.26. The Kier molecular flexibility index (Phi) is 2.35. The van der Waals surface area contributed by atoms with Gasteiger partial charge in [-0.2, -0.15) is 15.0 Å². The Morgan fingerprint density at radius 3 is 2.93 bits per heavy atom. The van der Waals surface area contributed by atoms with Crippen molar-refractivity contribution in [3.05, 3.63) is 17.5 Å². The Hall–Kier alpha value is -1.20. The normalized spacial score (nSPS) is 25.1. The van der Waals surface area contributed by atoms with Gasteiger partial charge in [-0.3, -0.25) is 0 Å². The topological polar surface area (TPSA) is 71.2 Å². The van der Waals surface area contributed by atoms with E-state index in [1.54, 1.807) is 10.9 Å². The Labute approximate surface area is 81.7 Å². The summed E-state index contributed by atoms with van der Waals surface area (Å²) in [5, 5.41) is 27.2. The third kappa shape index (κ3) is 1.44. The number of hydrogen-bond donors (Lipinski definition) is 2. The molecule has 0 saturated carbocycles. The van der Waals surface area contributed by atoms with E-state index in [1.807, 2.05) is 6.92 Å². The smallest absolute Gasteiger partial charge is 0.129 e. The number of aliphatic hydroxyl groups is 2. The molecule has 0 spiro atoms. The third-order valence-corrected chi connectivity index (χ3v) is 2.19. The van der Waals surface area contributed by atoms with Crippen molar-refractivity contribution < 1.29 is 10.2 Å². The number of fused-ring (bicyclic) bond motifs is 1. The molecule has 0 aromatic carbocycles. The average molecular weight is 195 g/mol. The molecule has 2 N–H and O–H groups in total. The van der Waals surface area contributed by atoms with Crippen molar-refractivity contribution in [2.45, 2.75) is 32.1 Å². The fourth-order valence-corrected chi connectivity index (χ4v) is 1.46. The van der Waals surface area contributed by atoms with Crippen LogP contribution in [0.2, 0.25) is 0 Å². The summed E-state index contributed by atoms with van der Waals surface area (Å²) in [5.74, 6) is 0. The van der Waals surface area contributed by atoms with Crippen LogP contribution in [0.1, 0.15) is 30.8 Å². The van der Waals surface area contributed by atoms with Gasteiger partial charge in [0.25, 0.3) is 0 Å². The molecule has 0 saturated heterocycles. The summed E-state index contributed by atoms with van der Waals surface area (Å²) in [5.41, 5.74) is 1.12. The van der Waals surface area contributed by atoms with Gasteiger partial charge >= 0.3 is 0 Å². The number of hydrogen-bond acceptors (Lipinski definition) is 4. The van der Waals surface area contributed by atoms with Crippen LogP contribution in [0.4, 0.5) is 0 Å². The first-order valence-electron chi connectivity index (χ1n) is 4.71. The van der Waals surface area contributed by atoms with E-state index < -0.39 is 12.2 Å². The summed E-state index contributed by atoms with van der Waals surface area (Å²) in [6, 6.07) is 0. The average Bonchev–Trinajstić information content (AvgIpc) is 2.56. The zero-order valence-electron chi connectivity index (χ0n) is 7.96. The minimum Gasteiger partial charge on any atom is -0.386 e. The largest absolute Gasteiger partial charge is 0.386 e. The lowest BCUT2D eigenvalue weighted by molar-refractivity contribution is 0.0437. The third-order valence-electron chi connectivity index (χ3n) is 2.19. The lowest BCUT2D eigenvalue weighted by Crippen LogP contribution is -2.19. The van der Waals surface area contributed by atoms with E-state index in [4.69, 9.17) is 0 Å². The van der Waals surface area contributed by atoms with Crippen LogP contribution in [0.25, 0.3) is 6.08 Å². The summed E-state index contributed by atoms with van der Waals surface area (Å²) in [4.78, 5) is 1.55. The second-order valence-corrected chi connectivity index (χ2v) is 3.36. The van der Waals surface area contributed by atoms with E-state index in [1.165, 1.54) is 6.08 Å². The first kappa shape index (κ1) is 9.36. The van der Waals surface area contributed by atoms with Crippen LogP contribution in [0.3, 0.4) is 0 Å². The Bertz CT molecular complexity index is 359. The molecule has 2 unspecified atom stereocenters. The number of aliphatic hydroxyl groups excluding tert-OH is 2. The van der Waals surface area contributed by atoms with Crippen LogP contribution in [-0.2, 0) is 6.54 Å². The fourth-order valence-electron chi connectivity index (χ4n) is 1.46. The van der Waals surface area contributed by atoms with Gasteiger partial charge in [-0.15, -0.1) is 0 Å². The summed E-state index contributed by atoms with van der Waals surface area (Å²) >= 11 is 0. The van der Waals surface area contributed by atoms with Crippen LogP contribution in [0, 0.1) is 0 Å². The monoisotopic (exact) mass is 195 g/mol. The standard InChI is InChI=1S/C9H13N3O2/c1-2-5-12-10-6-3-4-7(13)9(14)8(6)11-12/h3-4,7,9,13-14H,2,5H2,1H3. The Morgan fingerprint density at radius 1 is 1.43 bits per heavy atom. The first-order chi connectivity index (χ1) is 6.72. The van der Waals surface area contributed by atoms with Crippen molar-refractivity contribution in [3.63, 3.8) is 0 Å². The Balaban J connectivity index is 2.33. The maximum atomic E-state index is 9.59. The molecule has 1 aliphatic carbocycles. The lowest BCUT2D eigenvalue weighted by Gasteiger charge is -2.15. The fraction of sp³-hybridized carbons (Fsp3) is 0.556. The molecule has 14 heavy (non-hydrogen) atoms. The van der Waals surface area contributed by atoms with E-state index in [0.717, 1.165) is 13.0 Å². The highest BCUT2D eigenvalue weighted by Crippen LogP contribution is 2.24. The van der Waals surface area contributed by atoms with Gasteiger partial charge in [0.05, 0.1) is 6.54 Å². The van der Waals surface area contributed by atoms with E-state index in [-0.39, 0.29) is 0 Å². The number of aromatic nitrogens is 3. The molecule has 1 aromatic rings. The summed E-state index contributed by atoms with van der Waals surface area (Å²) in [6.45, 7) is 2.76. The molecule has 1 heterocycles. The summed E-state index contributed by atoms with van der Waals surface area (Å²) in [7, 11) is 0. The van der Waals surface area contributed by atoms with Crippen molar-refractivity contribution >= 4 is 6.08 Å². The van der Waals surface area contributed by atoms with Gasteiger partial charge in [-0.1, -0.05) is 13.0 Å². The zero-order chi connectivity index (χ0) is 10.1. The maximum Gasteiger partial charge on any atom is 0.129 e. The van der Waals surface area contributed by atoms with E-state index in [0.29, 0.717) is 11.4 Å². The van der Waals surface area contributed by atoms with Gasteiger partial charge in [-0.05, 0) is 12.5 Å². The van der Waals surface area contributed by atoms with Crippen LogP contribution >= 0.6 is 0 Å². The van der Waals surface area contributed by atoms with Crippen LogP contribution in [0.15, 0.2) is 6.08 Å². The van der Waals surface area contributed by atoms with E-state index in [2.05, 4.69) is 10.2 Å². The van der Waals surface area contributed by atoms with Gasteiger partial charge in [0.1, 0.15) is 23.6 Å². The van der Waals surface area contributed by atoms with Gasteiger partial charge in [0.15, 0.2) is 0 Å². The number of nitrogens with zero attached hydrogens (tertiary/aromatic N) is 3. The maximum absolute atomic E-state index is 9.59. The van der Waals surface area contributed by atoms with Gasteiger partial charge in [0.2, 0.25) is 0 Å². The van der Waals surface area contributed by atoms with Crippen molar-refractivity contribution in [3.8, 4) is 0 Å². The van der Waals surface area contributed by atoms with Gasteiger partial charge in [0, 0.05) is 0 Å². The van der Waals surface area contributed by atoms with Gasteiger partial charge < -0.3 is 10.2 Å². The minimum absolute atomic E-state index is 0.466. The van der Waals surface area contributed by atoms with Crippen molar-refractivity contribution in [1.82, 2.24) is 15.0 Å². The zero-order valence-corrected chi connectivity index (χ0v) is 7.96. The minimum atomic E-state index is -0.944. The van der Waals surface area contributed by atoms with Crippen LogP contribution in [-0.4, -0.2) is 31.3 Å². The first-order valence-corrected chi connectivity index (χ1v) is 4.71. The molecule has 0 radical (unpaired) electrons. The second kappa shape index (κ2) is 3.51. The molecular formula is C9H13N3O2. The van der Waals surface area contributed by atoms with E-state index >= 15 is 0 Å². The predicted molar refractivity (Wildman–Crippen MR) is 50.3 cm³/mol. The summed E-state index contributed by atoms with van der Waals surface area (Å²) < 4.78 is 0. The molecule has 0 bridgehead atoms. The summed E-state index contributed by atoms with van der Waals surface area (Å²) in [6.07, 6.45) is 2.34. The molecule has 76 valence electrons. The predicted octanol–water partition coefficient (Wildman–Crippen LogP) is 0.109. The van der Waals surface area contributed by atoms with Crippen molar-refractivity contribution in [1.29, 1.82) is 0 Å². The second-order valence-electron chi connectivity index (χ2n) is 3.36. The lowest BCUT2D eigenvalue weighted by atomic mass is 10.0. The molecule has 0 aliphatic heterocycles. The van der Waals surface area contributed by atoms with Crippen molar-refractivity contribution in [2.24, 2.45) is 0 Å². The molecular weight excluding hydrogens is 182 g/mol. The highest BCUT2D eigenvalue weighted by atomic mass is 16.3. The molecule has 2 rings (SSSR count). The SMILES string of the molecule is CCCn1nc2c(n1)C(O)C(O)C=C2. The molecule has 5 heteroatoms. The van der Waals surface area contributed by atoms with Crippen LogP contribution < -0.4 is 0 Å². The molecule has 0 fully saturated rings. The molecule has 1 aliphatic rings. The molecule has 2 atom stereocenters. The molecule has 0 amide bonds. The number of rotatable bonds is 2. The van der Waals surface area contributed by atoms with E-state index in [9.17, 15) is 10.2 Å². The highest BCUT2D eigenvalue weighted by molar-refractivity contribution is 5.51. The van der Waals surface area contributed by atoms with Gasteiger partial charge in [-0.25, -0.2) is 0 Å². The van der Waals surface area contributed by atoms with Crippen LogP contribution in [0.5, 0.6) is 0 Å². The Morgan fingerprint density at radius 2 is 2.21 bits per heavy atom. The molecule has 5 nitrogen and oxygen atoms in total. The number of aryl methyl sites for hydroxylation is 1.